The number of aromatic nitrogens is 1. The van der Waals surface area contributed by atoms with Crippen molar-refractivity contribution >= 4 is 52.2 Å². The molecule has 2 rings (SSSR count). The monoisotopic (exact) mass is 343 g/mol. The lowest BCUT2D eigenvalue weighted by molar-refractivity contribution is 0.102. The Morgan fingerprint density at radius 2 is 2.00 bits per heavy atom. The standard InChI is InChI=1S/C14H12Cl3N3O/c1-2-18-13-10(16)6-8(7-19-13)14(21)20-11-5-3-4-9(15)12(11)17/h3-7H,2H2,1H3,(H,18,19)(H,20,21). The number of carbonyl (C=O) groups is 1. The molecule has 21 heavy (non-hydrogen) atoms. The highest BCUT2D eigenvalue weighted by atomic mass is 35.5. The van der Waals surface area contributed by atoms with Crippen LogP contribution in [0.2, 0.25) is 15.1 Å². The Kier molecular flexibility index (Phi) is 5.28. The Morgan fingerprint density at radius 3 is 2.67 bits per heavy atom. The lowest BCUT2D eigenvalue weighted by Crippen LogP contribution is -2.13. The van der Waals surface area contributed by atoms with Gasteiger partial charge in [-0.15, -0.1) is 0 Å². The van der Waals surface area contributed by atoms with Gasteiger partial charge in [0, 0.05) is 12.7 Å². The van der Waals surface area contributed by atoms with Crippen molar-refractivity contribution in [2.75, 3.05) is 17.2 Å². The number of nitrogens with zero attached hydrogens (tertiary/aromatic N) is 1. The molecule has 0 fully saturated rings. The van der Waals surface area contributed by atoms with Crippen LogP contribution in [-0.4, -0.2) is 17.4 Å². The van der Waals surface area contributed by atoms with E-state index in [2.05, 4.69) is 15.6 Å². The Morgan fingerprint density at radius 1 is 1.24 bits per heavy atom. The van der Waals surface area contributed by atoms with Crippen LogP contribution in [-0.2, 0) is 0 Å². The van der Waals surface area contributed by atoms with Crippen molar-refractivity contribution in [1.29, 1.82) is 0 Å². The van der Waals surface area contributed by atoms with E-state index in [1.807, 2.05) is 6.92 Å². The fourth-order valence-electron chi connectivity index (χ4n) is 1.65. The second kappa shape index (κ2) is 6.98. The number of nitrogens with one attached hydrogen (secondary N) is 2. The number of carbonyl (C=O) groups excluding carboxylic acids is 1. The Bertz CT molecular complexity index is 677. The minimum Gasteiger partial charge on any atom is -0.369 e. The average molecular weight is 345 g/mol. The molecule has 7 heteroatoms. The van der Waals surface area contributed by atoms with Crippen LogP contribution < -0.4 is 10.6 Å². The SMILES string of the molecule is CCNc1ncc(C(=O)Nc2cccc(Cl)c2Cl)cc1Cl. The van der Waals surface area contributed by atoms with Crippen LogP contribution in [0.5, 0.6) is 0 Å². The maximum atomic E-state index is 12.2. The van der Waals surface area contributed by atoms with Crippen molar-refractivity contribution in [2.24, 2.45) is 0 Å². The molecule has 1 aromatic heterocycles. The molecule has 0 bridgehead atoms. The molecule has 0 aliphatic heterocycles. The topological polar surface area (TPSA) is 54.0 Å². The second-order valence-electron chi connectivity index (χ2n) is 4.14. The third kappa shape index (κ3) is 3.79. The van der Waals surface area contributed by atoms with Gasteiger partial charge < -0.3 is 10.6 Å². The molecular weight excluding hydrogens is 333 g/mol. The zero-order valence-corrected chi connectivity index (χ0v) is 13.4. The van der Waals surface area contributed by atoms with E-state index in [-0.39, 0.29) is 10.9 Å². The summed E-state index contributed by atoms with van der Waals surface area (Å²) in [5.74, 6) is 0.174. The number of pyridine rings is 1. The van der Waals surface area contributed by atoms with Gasteiger partial charge in [-0.1, -0.05) is 40.9 Å². The van der Waals surface area contributed by atoms with Crippen LogP contribution >= 0.6 is 34.8 Å². The highest BCUT2D eigenvalue weighted by Crippen LogP contribution is 2.30. The number of anilines is 2. The summed E-state index contributed by atoms with van der Waals surface area (Å²) < 4.78 is 0. The first-order valence-electron chi connectivity index (χ1n) is 6.17. The van der Waals surface area contributed by atoms with Gasteiger partial charge in [0.15, 0.2) is 0 Å². The third-order valence-corrected chi connectivity index (χ3v) is 3.75. The third-order valence-electron chi connectivity index (χ3n) is 2.65. The van der Waals surface area contributed by atoms with E-state index in [9.17, 15) is 4.79 Å². The second-order valence-corrected chi connectivity index (χ2v) is 5.33. The molecule has 0 radical (unpaired) electrons. The van der Waals surface area contributed by atoms with E-state index >= 15 is 0 Å². The fourth-order valence-corrected chi connectivity index (χ4v) is 2.24. The molecule has 110 valence electrons. The first kappa shape index (κ1) is 15.9. The maximum Gasteiger partial charge on any atom is 0.257 e. The molecule has 2 N–H and O–H groups in total. The maximum absolute atomic E-state index is 12.2. The van der Waals surface area contributed by atoms with E-state index < -0.39 is 0 Å². The average Bonchev–Trinajstić information content (AvgIpc) is 2.46. The van der Waals surface area contributed by atoms with Gasteiger partial charge in [0.25, 0.3) is 5.91 Å². The first-order chi connectivity index (χ1) is 10.0. The molecule has 1 heterocycles. The molecule has 0 atom stereocenters. The molecule has 0 aliphatic rings. The van der Waals surface area contributed by atoms with E-state index in [0.29, 0.717) is 33.7 Å². The number of halogens is 3. The van der Waals surface area contributed by atoms with Gasteiger partial charge in [-0.3, -0.25) is 4.79 Å². The van der Waals surface area contributed by atoms with Gasteiger partial charge >= 0.3 is 0 Å². The summed E-state index contributed by atoms with van der Waals surface area (Å²) in [6.07, 6.45) is 1.44. The van der Waals surface area contributed by atoms with Gasteiger partial charge in [-0.2, -0.15) is 0 Å². The lowest BCUT2D eigenvalue weighted by Gasteiger charge is -2.09. The molecule has 2 aromatic rings. The van der Waals surface area contributed by atoms with Gasteiger partial charge in [0.2, 0.25) is 0 Å². The van der Waals surface area contributed by atoms with Crippen LogP contribution in [0.1, 0.15) is 17.3 Å². The van der Waals surface area contributed by atoms with Crippen molar-refractivity contribution in [2.45, 2.75) is 6.92 Å². The zero-order chi connectivity index (χ0) is 15.4. The molecule has 4 nitrogen and oxygen atoms in total. The predicted molar refractivity (Wildman–Crippen MR) is 87.8 cm³/mol. The van der Waals surface area contributed by atoms with Gasteiger partial charge in [0.1, 0.15) is 5.82 Å². The number of rotatable bonds is 4. The molecule has 0 unspecified atom stereocenters. The van der Waals surface area contributed by atoms with Crippen LogP contribution in [0, 0.1) is 0 Å². The Balaban J connectivity index is 2.21. The van der Waals surface area contributed by atoms with Crippen LogP contribution in [0.3, 0.4) is 0 Å². The molecule has 0 aliphatic carbocycles. The van der Waals surface area contributed by atoms with Crippen molar-refractivity contribution in [3.05, 3.63) is 51.1 Å². The largest absolute Gasteiger partial charge is 0.369 e. The van der Waals surface area contributed by atoms with Crippen LogP contribution in [0.25, 0.3) is 0 Å². The number of amides is 1. The summed E-state index contributed by atoms with van der Waals surface area (Å²) >= 11 is 18.0. The smallest absolute Gasteiger partial charge is 0.257 e. The Labute approximate surface area is 137 Å². The summed E-state index contributed by atoms with van der Waals surface area (Å²) in [6, 6.07) is 6.54. The minimum absolute atomic E-state index is 0.288. The zero-order valence-electron chi connectivity index (χ0n) is 11.1. The molecule has 1 amide bonds. The van der Waals surface area contributed by atoms with Gasteiger partial charge in [-0.05, 0) is 25.1 Å². The molecule has 1 aromatic carbocycles. The van der Waals surface area contributed by atoms with E-state index in [1.54, 1.807) is 24.3 Å². The van der Waals surface area contributed by atoms with E-state index in [1.165, 1.54) is 6.20 Å². The van der Waals surface area contributed by atoms with Crippen molar-refractivity contribution in [3.8, 4) is 0 Å². The summed E-state index contributed by atoms with van der Waals surface area (Å²) in [7, 11) is 0. The van der Waals surface area contributed by atoms with E-state index in [4.69, 9.17) is 34.8 Å². The van der Waals surface area contributed by atoms with Gasteiger partial charge in [0.05, 0.1) is 26.3 Å². The summed E-state index contributed by atoms with van der Waals surface area (Å²) in [5.41, 5.74) is 0.763. The highest BCUT2D eigenvalue weighted by Gasteiger charge is 2.12. The van der Waals surface area contributed by atoms with E-state index in [0.717, 1.165) is 0 Å². The summed E-state index contributed by atoms with van der Waals surface area (Å²) in [6.45, 7) is 2.62. The molecule has 0 spiro atoms. The number of benzene rings is 1. The van der Waals surface area contributed by atoms with Crippen molar-refractivity contribution < 1.29 is 4.79 Å². The summed E-state index contributed by atoms with van der Waals surface area (Å²) in [5, 5.41) is 6.70. The number of hydrogen-bond donors (Lipinski definition) is 2. The van der Waals surface area contributed by atoms with Crippen molar-refractivity contribution in [3.63, 3.8) is 0 Å². The first-order valence-corrected chi connectivity index (χ1v) is 7.31. The highest BCUT2D eigenvalue weighted by molar-refractivity contribution is 6.44. The fraction of sp³-hybridized carbons (Fsp3) is 0.143. The summed E-state index contributed by atoms with van der Waals surface area (Å²) in [4.78, 5) is 16.3. The quantitative estimate of drug-likeness (QED) is 0.843. The molecule has 0 saturated heterocycles. The van der Waals surface area contributed by atoms with Gasteiger partial charge in [-0.25, -0.2) is 4.98 Å². The van der Waals surface area contributed by atoms with Crippen LogP contribution in [0.4, 0.5) is 11.5 Å². The predicted octanol–water partition coefficient (Wildman–Crippen LogP) is 4.73. The van der Waals surface area contributed by atoms with Crippen molar-refractivity contribution in [1.82, 2.24) is 4.98 Å². The molecular formula is C14H12Cl3N3O. The lowest BCUT2D eigenvalue weighted by atomic mass is 10.2. The number of hydrogen-bond acceptors (Lipinski definition) is 3. The molecule has 0 saturated carbocycles. The van der Waals surface area contributed by atoms with Crippen LogP contribution in [0.15, 0.2) is 30.5 Å². The Hall–Kier alpha value is -1.49. The normalized spacial score (nSPS) is 10.3. The minimum atomic E-state index is -0.364.